The Hall–Kier alpha value is -2.93. The molecule has 2 aromatic carbocycles. The Labute approximate surface area is 177 Å². The van der Waals surface area contributed by atoms with Crippen molar-refractivity contribution in [3.63, 3.8) is 0 Å². The maximum atomic E-state index is 12.5. The zero-order chi connectivity index (χ0) is 21.4. The van der Waals surface area contributed by atoms with Crippen LogP contribution in [0.1, 0.15) is 54.8 Å². The first-order chi connectivity index (χ1) is 13.7. The van der Waals surface area contributed by atoms with Crippen molar-refractivity contribution in [2.75, 3.05) is 11.9 Å². The molecule has 0 aliphatic heterocycles. The van der Waals surface area contributed by atoms with E-state index in [0.717, 1.165) is 6.42 Å². The minimum atomic E-state index is -0.352. The Morgan fingerprint density at radius 3 is 2.28 bits per heavy atom. The largest absolute Gasteiger partial charge is 0.493 e. The minimum Gasteiger partial charge on any atom is -0.493 e. The van der Waals surface area contributed by atoms with E-state index in [2.05, 4.69) is 16.0 Å². The van der Waals surface area contributed by atoms with Crippen LogP contribution >= 0.6 is 12.2 Å². The third kappa shape index (κ3) is 7.19. The van der Waals surface area contributed by atoms with Gasteiger partial charge in [0.05, 0.1) is 12.2 Å². The third-order valence-corrected chi connectivity index (χ3v) is 3.92. The van der Waals surface area contributed by atoms with Gasteiger partial charge in [-0.3, -0.25) is 14.9 Å². The summed E-state index contributed by atoms with van der Waals surface area (Å²) in [4.78, 5) is 24.7. The van der Waals surface area contributed by atoms with Gasteiger partial charge in [-0.05, 0) is 75.8 Å². The number of carbonyl (C=O) groups is 2. The summed E-state index contributed by atoms with van der Waals surface area (Å²) in [6, 6.07) is 13.9. The fourth-order valence-electron chi connectivity index (χ4n) is 2.44. The number of nitrogens with one attached hydrogen (secondary N) is 3. The molecule has 2 aromatic rings. The summed E-state index contributed by atoms with van der Waals surface area (Å²) in [5.74, 6) is 0.0165. The van der Waals surface area contributed by atoms with E-state index in [4.69, 9.17) is 17.0 Å². The summed E-state index contributed by atoms with van der Waals surface area (Å²) in [6.45, 7) is 8.30. The highest BCUT2D eigenvalue weighted by Gasteiger charge is 2.16. The molecule has 0 saturated carbocycles. The monoisotopic (exact) mass is 413 g/mol. The molecule has 0 fully saturated rings. The second-order valence-corrected chi connectivity index (χ2v) is 7.94. The van der Waals surface area contributed by atoms with Gasteiger partial charge in [-0.1, -0.05) is 19.1 Å². The zero-order valence-electron chi connectivity index (χ0n) is 17.2. The molecule has 3 N–H and O–H groups in total. The lowest BCUT2D eigenvalue weighted by molar-refractivity contribution is 0.0918. The molecule has 7 heteroatoms. The van der Waals surface area contributed by atoms with Crippen molar-refractivity contribution in [2.45, 2.75) is 39.7 Å². The molecule has 0 bridgehead atoms. The lowest BCUT2D eigenvalue weighted by atomic mass is 10.1. The normalized spacial score (nSPS) is 10.8. The topological polar surface area (TPSA) is 79.5 Å². The SMILES string of the molecule is CCCOc1ccccc1C(=O)NC(=S)Nc1ccc(C(=O)NC(C)(C)C)cc1. The van der Waals surface area contributed by atoms with Crippen molar-refractivity contribution >= 4 is 34.8 Å². The van der Waals surface area contributed by atoms with Crippen molar-refractivity contribution < 1.29 is 14.3 Å². The number of benzene rings is 2. The highest BCUT2D eigenvalue weighted by molar-refractivity contribution is 7.80. The average molecular weight is 414 g/mol. The molecule has 0 atom stereocenters. The molecular weight excluding hydrogens is 386 g/mol. The number of para-hydroxylation sites is 1. The van der Waals surface area contributed by atoms with Gasteiger partial charge in [-0.2, -0.15) is 0 Å². The Kier molecular flexibility index (Phi) is 7.73. The maximum absolute atomic E-state index is 12.5. The predicted molar refractivity (Wildman–Crippen MR) is 120 cm³/mol. The van der Waals surface area contributed by atoms with Crippen LogP contribution in [0.15, 0.2) is 48.5 Å². The summed E-state index contributed by atoms with van der Waals surface area (Å²) < 4.78 is 5.61. The minimum absolute atomic E-state index is 0.149. The van der Waals surface area contributed by atoms with Gasteiger partial charge in [0.2, 0.25) is 0 Å². The van der Waals surface area contributed by atoms with Crippen molar-refractivity contribution in [2.24, 2.45) is 0 Å². The molecular formula is C22H27N3O3S. The highest BCUT2D eigenvalue weighted by Crippen LogP contribution is 2.18. The fourth-order valence-corrected chi connectivity index (χ4v) is 2.65. The number of hydrogen-bond acceptors (Lipinski definition) is 4. The fraction of sp³-hybridized carbons (Fsp3) is 0.318. The number of amides is 2. The first-order valence-corrected chi connectivity index (χ1v) is 9.87. The molecule has 2 amide bonds. The van der Waals surface area contributed by atoms with Crippen LogP contribution in [0, 0.1) is 0 Å². The summed E-state index contributed by atoms with van der Waals surface area (Å²) in [5, 5.41) is 8.66. The number of hydrogen-bond donors (Lipinski definition) is 3. The molecule has 0 radical (unpaired) electrons. The summed E-state index contributed by atoms with van der Waals surface area (Å²) in [6.07, 6.45) is 0.847. The quantitative estimate of drug-likeness (QED) is 0.621. The van der Waals surface area contributed by atoms with Crippen LogP contribution in [0.4, 0.5) is 5.69 Å². The Balaban J connectivity index is 1.97. The van der Waals surface area contributed by atoms with Crippen LogP contribution < -0.4 is 20.7 Å². The van der Waals surface area contributed by atoms with Gasteiger partial charge in [-0.15, -0.1) is 0 Å². The van der Waals surface area contributed by atoms with Crippen molar-refractivity contribution in [3.8, 4) is 5.75 Å². The molecule has 0 aliphatic rings. The van der Waals surface area contributed by atoms with Crippen LogP contribution in [0.25, 0.3) is 0 Å². The van der Waals surface area contributed by atoms with Gasteiger partial charge < -0.3 is 15.4 Å². The van der Waals surface area contributed by atoms with Gasteiger partial charge in [0.15, 0.2) is 5.11 Å². The van der Waals surface area contributed by atoms with Crippen molar-refractivity contribution in [1.82, 2.24) is 10.6 Å². The van der Waals surface area contributed by atoms with E-state index in [1.807, 2.05) is 33.8 Å². The average Bonchev–Trinajstić information content (AvgIpc) is 2.65. The van der Waals surface area contributed by atoms with Crippen molar-refractivity contribution in [3.05, 3.63) is 59.7 Å². The first kappa shape index (κ1) is 22.4. The van der Waals surface area contributed by atoms with E-state index in [9.17, 15) is 9.59 Å². The molecule has 29 heavy (non-hydrogen) atoms. The van der Waals surface area contributed by atoms with Gasteiger partial charge in [0.25, 0.3) is 11.8 Å². The summed E-state index contributed by atoms with van der Waals surface area (Å²) in [7, 11) is 0. The van der Waals surface area contributed by atoms with Gasteiger partial charge >= 0.3 is 0 Å². The van der Waals surface area contributed by atoms with Crippen LogP contribution in [0.2, 0.25) is 0 Å². The van der Waals surface area contributed by atoms with Gasteiger partial charge in [0.1, 0.15) is 5.75 Å². The lowest BCUT2D eigenvalue weighted by Gasteiger charge is -2.20. The maximum Gasteiger partial charge on any atom is 0.261 e. The van der Waals surface area contributed by atoms with E-state index in [1.165, 1.54) is 0 Å². The lowest BCUT2D eigenvalue weighted by Crippen LogP contribution is -2.40. The molecule has 0 aromatic heterocycles. The molecule has 0 saturated heterocycles. The Morgan fingerprint density at radius 2 is 1.66 bits per heavy atom. The number of anilines is 1. The van der Waals surface area contributed by atoms with E-state index in [0.29, 0.717) is 29.2 Å². The number of rotatable bonds is 6. The second-order valence-electron chi connectivity index (χ2n) is 7.53. The van der Waals surface area contributed by atoms with E-state index in [1.54, 1.807) is 42.5 Å². The van der Waals surface area contributed by atoms with Gasteiger partial charge in [0, 0.05) is 16.8 Å². The van der Waals surface area contributed by atoms with E-state index < -0.39 is 0 Å². The first-order valence-electron chi connectivity index (χ1n) is 9.46. The van der Waals surface area contributed by atoms with Crippen LogP contribution in [0.5, 0.6) is 5.75 Å². The number of thiocarbonyl (C=S) groups is 1. The second kappa shape index (κ2) is 10.0. The molecule has 6 nitrogen and oxygen atoms in total. The molecule has 0 aliphatic carbocycles. The van der Waals surface area contributed by atoms with Crippen LogP contribution in [0.3, 0.4) is 0 Å². The standard InChI is InChI=1S/C22H27N3O3S/c1-5-14-28-18-9-7-6-8-17(18)20(27)24-21(29)23-16-12-10-15(11-13-16)19(26)25-22(2,3)4/h6-13H,5,14H2,1-4H3,(H,25,26)(H2,23,24,27,29). The molecule has 0 spiro atoms. The molecule has 154 valence electrons. The zero-order valence-corrected chi connectivity index (χ0v) is 18.0. The molecule has 0 heterocycles. The van der Waals surface area contributed by atoms with E-state index >= 15 is 0 Å². The van der Waals surface area contributed by atoms with Gasteiger partial charge in [-0.25, -0.2) is 0 Å². The Morgan fingerprint density at radius 1 is 1.00 bits per heavy atom. The highest BCUT2D eigenvalue weighted by atomic mass is 32.1. The number of carbonyl (C=O) groups excluding carboxylic acids is 2. The van der Waals surface area contributed by atoms with Crippen molar-refractivity contribution in [1.29, 1.82) is 0 Å². The van der Waals surface area contributed by atoms with Crippen LogP contribution in [-0.2, 0) is 0 Å². The predicted octanol–water partition coefficient (Wildman–Crippen LogP) is 4.13. The number of ether oxygens (including phenoxy) is 1. The smallest absolute Gasteiger partial charge is 0.261 e. The summed E-state index contributed by atoms with van der Waals surface area (Å²) in [5.41, 5.74) is 1.32. The van der Waals surface area contributed by atoms with E-state index in [-0.39, 0.29) is 22.5 Å². The third-order valence-electron chi connectivity index (χ3n) is 3.71. The Bertz CT molecular complexity index is 874. The molecule has 0 unspecified atom stereocenters. The molecule has 2 rings (SSSR count). The summed E-state index contributed by atoms with van der Waals surface area (Å²) >= 11 is 5.24. The van der Waals surface area contributed by atoms with Crippen LogP contribution in [-0.4, -0.2) is 29.1 Å².